The third kappa shape index (κ3) is 3.92. The Hall–Kier alpha value is -1.41. The van der Waals surface area contributed by atoms with Gasteiger partial charge in [0, 0.05) is 38.1 Å². The molecule has 1 aromatic carbocycles. The summed E-state index contributed by atoms with van der Waals surface area (Å²) in [5.74, 6) is 1.51. The lowest BCUT2D eigenvalue weighted by atomic mass is 9.96. The van der Waals surface area contributed by atoms with E-state index < -0.39 is 10.0 Å². The van der Waals surface area contributed by atoms with Crippen molar-refractivity contribution in [1.82, 2.24) is 9.21 Å². The highest BCUT2D eigenvalue weighted by atomic mass is 32.2. The number of hydrogen-bond donors (Lipinski definition) is 0. The molecule has 0 N–H and O–H groups in total. The van der Waals surface area contributed by atoms with Crippen molar-refractivity contribution in [3.63, 3.8) is 0 Å². The van der Waals surface area contributed by atoms with Gasteiger partial charge in [-0.1, -0.05) is 0 Å². The van der Waals surface area contributed by atoms with Gasteiger partial charge in [0.25, 0.3) is 0 Å². The lowest BCUT2D eigenvalue weighted by Crippen LogP contribution is -2.38. The molecule has 4 rings (SSSR count). The predicted octanol–water partition coefficient (Wildman–Crippen LogP) is 3.39. The summed E-state index contributed by atoms with van der Waals surface area (Å²) in [5.41, 5.74) is 1.53. The van der Waals surface area contributed by atoms with Crippen molar-refractivity contribution in [2.75, 3.05) is 33.8 Å². The van der Waals surface area contributed by atoms with Gasteiger partial charge in [0.1, 0.15) is 12.4 Å². The fourth-order valence-corrected chi connectivity index (χ4v) is 5.63. The summed E-state index contributed by atoms with van der Waals surface area (Å²) < 4.78 is 31.4. The van der Waals surface area contributed by atoms with Gasteiger partial charge < -0.3 is 4.74 Å². The molecule has 2 aromatic rings. The normalized spacial score (nSPS) is 20.6. The van der Waals surface area contributed by atoms with E-state index in [1.54, 1.807) is 29.1 Å². The van der Waals surface area contributed by atoms with Crippen LogP contribution >= 0.6 is 11.3 Å². The number of fused-ring (bicyclic) bond motifs is 1. The Morgan fingerprint density at radius 3 is 2.59 bits per heavy atom. The Labute approximate surface area is 165 Å². The first-order valence-electron chi connectivity index (χ1n) is 9.42. The minimum Gasteiger partial charge on any atom is -0.492 e. The van der Waals surface area contributed by atoms with E-state index in [-0.39, 0.29) is 4.90 Å². The van der Waals surface area contributed by atoms with Crippen LogP contribution in [-0.2, 0) is 16.4 Å². The van der Waals surface area contributed by atoms with Gasteiger partial charge in [-0.2, -0.15) is 0 Å². The molecule has 0 radical (unpaired) electrons. The molecule has 2 heterocycles. The van der Waals surface area contributed by atoms with E-state index in [4.69, 9.17) is 4.74 Å². The SMILES string of the molecule is CN(C)S(=O)(=O)c1ccc(OCCN2CCc3sccc3[C@@H]2C2CC2)cc1. The van der Waals surface area contributed by atoms with E-state index in [1.807, 2.05) is 11.3 Å². The summed E-state index contributed by atoms with van der Waals surface area (Å²) in [6, 6.07) is 9.55. The van der Waals surface area contributed by atoms with Gasteiger partial charge in [0.15, 0.2) is 0 Å². The van der Waals surface area contributed by atoms with Gasteiger partial charge in [-0.05, 0) is 66.5 Å². The number of thiophene rings is 1. The average Bonchev–Trinajstić information content (AvgIpc) is 3.38. The maximum absolute atomic E-state index is 12.1. The van der Waals surface area contributed by atoms with Crippen molar-refractivity contribution in [3.05, 3.63) is 46.2 Å². The van der Waals surface area contributed by atoms with Crippen molar-refractivity contribution >= 4 is 21.4 Å². The summed E-state index contributed by atoms with van der Waals surface area (Å²) in [6.07, 6.45) is 3.80. The van der Waals surface area contributed by atoms with E-state index >= 15 is 0 Å². The second kappa shape index (κ2) is 7.54. The summed E-state index contributed by atoms with van der Waals surface area (Å²) in [4.78, 5) is 4.41. The number of rotatable bonds is 7. The fourth-order valence-electron chi connectivity index (χ4n) is 3.81. The molecule has 0 amide bonds. The number of ether oxygens (including phenoxy) is 1. The maximum Gasteiger partial charge on any atom is 0.242 e. The topological polar surface area (TPSA) is 49.9 Å². The Kier molecular flexibility index (Phi) is 5.29. The van der Waals surface area contributed by atoms with Crippen LogP contribution in [0.3, 0.4) is 0 Å². The van der Waals surface area contributed by atoms with Crippen molar-refractivity contribution in [2.24, 2.45) is 5.92 Å². The molecule has 7 heteroatoms. The molecule has 1 fully saturated rings. The van der Waals surface area contributed by atoms with Crippen LogP contribution in [0.15, 0.2) is 40.6 Å². The van der Waals surface area contributed by atoms with E-state index in [0.29, 0.717) is 18.4 Å². The van der Waals surface area contributed by atoms with Gasteiger partial charge in [0.05, 0.1) is 4.90 Å². The molecule has 1 aliphatic carbocycles. The van der Waals surface area contributed by atoms with Crippen LogP contribution in [0.4, 0.5) is 0 Å². The second-order valence-corrected chi connectivity index (χ2v) is 10.6. The highest BCUT2D eigenvalue weighted by Gasteiger charge is 2.39. The number of hydrogen-bond acceptors (Lipinski definition) is 5. The van der Waals surface area contributed by atoms with Crippen LogP contribution in [0.1, 0.15) is 29.3 Å². The van der Waals surface area contributed by atoms with Crippen LogP contribution in [0.5, 0.6) is 5.75 Å². The summed E-state index contributed by atoms with van der Waals surface area (Å²) >= 11 is 1.89. The smallest absolute Gasteiger partial charge is 0.242 e. The van der Waals surface area contributed by atoms with Crippen LogP contribution < -0.4 is 4.74 Å². The molecule has 1 saturated carbocycles. The maximum atomic E-state index is 12.1. The number of sulfonamides is 1. The molecular formula is C20H26N2O3S2. The fraction of sp³-hybridized carbons (Fsp3) is 0.500. The largest absolute Gasteiger partial charge is 0.492 e. The predicted molar refractivity (Wildman–Crippen MR) is 108 cm³/mol. The van der Waals surface area contributed by atoms with Crippen LogP contribution in [0.25, 0.3) is 0 Å². The molecular weight excluding hydrogens is 380 g/mol. The third-order valence-electron chi connectivity index (χ3n) is 5.44. The highest BCUT2D eigenvalue weighted by molar-refractivity contribution is 7.89. The number of benzene rings is 1. The van der Waals surface area contributed by atoms with Gasteiger partial charge in [0.2, 0.25) is 10.0 Å². The zero-order valence-electron chi connectivity index (χ0n) is 15.8. The Bertz CT molecular complexity index is 886. The van der Waals surface area contributed by atoms with Crippen molar-refractivity contribution in [3.8, 4) is 5.75 Å². The van der Waals surface area contributed by atoms with E-state index in [1.165, 1.54) is 36.8 Å². The summed E-state index contributed by atoms with van der Waals surface area (Å²) in [5, 5.41) is 2.23. The molecule has 27 heavy (non-hydrogen) atoms. The first-order chi connectivity index (χ1) is 13.0. The highest BCUT2D eigenvalue weighted by Crippen LogP contribution is 2.48. The Morgan fingerprint density at radius 2 is 1.93 bits per heavy atom. The molecule has 1 aliphatic heterocycles. The molecule has 1 atom stereocenters. The van der Waals surface area contributed by atoms with Crippen molar-refractivity contribution < 1.29 is 13.2 Å². The standard InChI is InChI=1S/C20H26N2O3S2/c1-21(2)27(23,24)17-7-5-16(6-8-17)25-13-12-22-11-9-19-18(10-14-26-19)20(22)15-3-4-15/h5-8,10,14-15,20H,3-4,9,11-13H2,1-2H3/t20-/m0/s1. The summed E-state index contributed by atoms with van der Waals surface area (Å²) in [7, 11) is -0.323. The monoisotopic (exact) mass is 406 g/mol. The van der Waals surface area contributed by atoms with Gasteiger partial charge in [-0.3, -0.25) is 4.90 Å². The molecule has 1 aromatic heterocycles. The Morgan fingerprint density at radius 1 is 1.19 bits per heavy atom. The minimum atomic E-state index is -3.39. The summed E-state index contributed by atoms with van der Waals surface area (Å²) in [6.45, 7) is 2.61. The van der Waals surface area contributed by atoms with Crippen LogP contribution in [-0.4, -0.2) is 51.4 Å². The molecule has 2 aliphatic rings. The van der Waals surface area contributed by atoms with Crippen molar-refractivity contribution in [2.45, 2.75) is 30.2 Å². The zero-order valence-corrected chi connectivity index (χ0v) is 17.4. The number of nitrogens with zero attached hydrogens (tertiary/aromatic N) is 2. The lowest BCUT2D eigenvalue weighted by molar-refractivity contribution is 0.137. The first kappa shape index (κ1) is 18.9. The lowest BCUT2D eigenvalue weighted by Gasteiger charge is -2.36. The quantitative estimate of drug-likeness (QED) is 0.707. The molecule has 146 valence electrons. The van der Waals surface area contributed by atoms with Crippen molar-refractivity contribution in [1.29, 1.82) is 0 Å². The van der Waals surface area contributed by atoms with Gasteiger partial charge in [-0.15, -0.1) is 11.3 Å². The third-order valence-corrected chi connectivity index (χ3v) is 8.26. The second-order valence-electron chi connectivity index (χ2n) is 7.47. The first-order valence-corrected chi connectivity index (χ1v) is 11.7. The van der Waals surface area contributed by atoms with Crippen LogP contribution in [0, 0.1) is 5.92 Å². The average molecular weight is 407 g/mol. The molecule has 0 spiro atoms. The van der Waals surface area contributed by atoms with Crippen LogP contribution in [0.2, 0.25) is 0 Å². The minimum absolute atomic E-state index is 0.287. The van der Waals surface area contributed by atoms with E-state index in [9.17, 15) is 8.42 Å². The molecule has 0 unspecified atom stereocenters. The van der Waals surface area contributed by atoms with Gasteiger partial charge >= 0.3 is 0 Å². The molecule has 0 bridgehead atoms. The molecule has 5 nitrogen and oxygen atoms in total. The van der Waals surface area contributed by atoms with E-state index in [0.717, 1.165) is 25.4 Å². The molecule has 0 saturated heterocycles. The van der Waals surface area contributed by atoms with Gasteiger partial charge in [-0.25, -0.2) is 12.7 Å². The zero-order chi connectivity index (χ0) is 19.0. The van der Waals surface area contributed by atoms with E-state index in [2.05, 4.69) is 16.3 Å². The Balaban J connectivity index is 1.36.